The van der Waals surface area contributed by atoms with Crippen molar-refractivity contribution in [1.82, 2.24) is 0 Å². The summed E-state index contributed by atoms with van der Waals surface area (Å²) in [5.41, 5.74) is 1.92. The van der Waals surface area contributed by atoms with E-state index in [1.807, 2.05) is 30.3 Å². The van der Waals surface area contributed by atoms with Crippen molar-refractivity contribution in [1.29, 1.82) is 0 Å². The minimum Gasteiger partial charge on any atom is -0.481 e. The molecule has 0 amide bonds. The van der Waals surface area contributed by atoms with Gasteiger partial charge in [-0.2, -0.15) is 0 Å². The van der Waals surface area contributed by atoms with Crippen LogP contribution in [-0.2, 0) is 17.1 Å². The maximum Gasteiger partial charge on any atom is 0.303 e. The van der Waals surface area contributed by atoms with E-state index < -0.39 is 24.7 Å². The third kappa shape index (κ3) is 4.38. The van der Waals surface area contributed by atoms with E-state index in [1.165, 1.54) is 12.1 Å². The molecule has 0 saturated heterocycles. The average molecular weight is 290 g/mol. The molecule has 0 heterocycles. The Morgan fingerprint density at radius 2 is 1.52 bits per heavy atom. The minimum atomic E-state index is -3.11. The van der Waals surface area contributed by atoms with E-state index in [9.17, 15) is 13.6 Å². The highest BCUT2D eigenvalue weighted by atomic mass is 19.3. The van der Waals surface area contributed by atoms with Crippen molar-refractivity contribution in [2.75, 3.05) is 0 Å². The molecule has 1 N–H and O–H groups in total. The van der Waals surface area contributed by atoms with E-state index >= 15 is 0 Å². The summed E-state index contributed by atoms with van der Waals surface area (Å²) in [5, 5.41) is 8.50. The fourth-order valence-electron chi connectivity index (χ4n) is 2.11. The Morgan fingerprint density at radius 1 is 0.952 bits per heavy atom. The highest BCUT2D eigenvalue weighted by Crippen LogP contribution is 2.33. The normalized spacial score (nSPS) is 11.3. The Bertz CT molecular complexity index is 592. The first kappa shape index (κ1) is 15.2. The number of carbonyl (C=O) groups is 1. The summed E-state index contributed by atoms with van der Waals surface area (Å²) < 4.78 is 27.6. The summed E-state index contributed by atoms with van der Waals surface area (Å²) in [6.45, 7) is 0. The Hall–Kier alpha value is -2.23. The number of alkyl halides is 2. The van der Waals surface area contributed by atoms with E-state index in [0.717, 1.165) is 11.1 Å². The molecule has 0 aliphatic rings. The third-order valence-electron chi connectivity index (χ3n) is 3.28. The fraction of sp³-hybridized carbons (Fsp3) is 0.235. The highest BCUT2D eigenvalue weighted by molar-refractivity contribution is 5.66. The maximum atomic E-state index is 13.8. The summed E-state index contributed by atoms with van der Waals surface area (Å²) in [6, 6.07) is 15.8. The third-order valence-corrected chi connectivity index (χ3v) is 3.28. The second-order valence-electron chi connectivity index (χ2n) is 4.96. The van der Waals surface area contributed by atoms with Gasteiger partial charge in [0.25, 0.3) is 5.92 Å². The number of carboxylic acids is 1. The van der Waals surface area contributed by atoms with Crippen LogP contribution in [0.15, 0.2) is 54.6 Å². The molecule has 0 atom stereocenters. The topological polar surface area (TPSA) is 37.3 Å². The minimum absolute atomic E-state index is 0.138. The van der Waals surface area contributed by atoms with Gasteiger partial charge < -0.3 is 5.11 Å². The number of carboxylic acid groups (broad SMARTS) is 1. The maximum absolute atomic E-state index is 13.8. The molecule has 0 saturated carbocycles. The first-order valence-electron chi connectivity index (χ1n) is 6.70. The van der Waals surface area contributed by atoms with E-state index in [-0.39, 0.29) is 5.56 Å². The zero-order valence-electron chi connectivity index (χ0n) is 11.4. The molecule has 0 bridgehead atoms. The van der Waals surface area contributed by atoms with Crippen LogP contribution in [0.3, 0.4) is 0 Å². The van der Waals surface area contributed by atoms with Crippen LogP contribution in [0.5, 0.6) is 0 Å². The lowest BCUT2D eigenvalue weighted by atomic mass is 9.99. The summed E-state index contributed by atoms with van der Waals surface area (Å²) in [5.74, 6) is -4.32. The van der Waals surface area contributed by atoms with Crippen molar-refractivity contribution in [2.45, 2.75) is 25.2 Å². The van der Waals surface area contributed by atoms with Crippen molar-refractivity contribution < 1.29 is 18.7 Å². The predicted octanol–water partition coefficient (Wildman–Crippen LogP) is 4.23. The van der Waals surface area contributed by atoms with Gasteiger partial charge in [-0.25, -0.2) is 8.78 Å². The molecule has 21 heavy (non-hydrogen) atoms. The second kappa shape index (κ2) is 6.48. The average Bonchev–Trinajstić information content (AvgIpc) is 2.47. The summed E-state index contributed by atoms with van der Waals surface area (Å²) in [6.07, 6.45) is -0.541. The Balaban J connectivity index is 2.06. The number of rotatable bonds is 6. The molecule has 4 heteroatoms. The van der Waals surface area contributed by atoms with Gasteiger partial charge in [-0.3, -0.25) is 4.79 Å². The van der Waals surface area contributed by atoms with Gasteiger partial charge in [-0.15, -0.1) is 0 Å². The number of hydrogen-bond donors (Lipinski definition) is 1. The van der Waals surface area contributed by atoms with Crippen LogP contribution in [0, 0.1) is 0 Å². The Labute approximate surface area is 122 Å². The van der Waals surface area contributed by atoms with Crippen LogP contribution >= 0.6 is 0 Å². The lowest BCUT2D eigenvalue weighted by molar-refractivity contribution is -0.139. The van der Waals surface area contributed by atoms with Crippen LogP contribution in [0.25, 0.3) is 0 Å². The van der Waals surface area contributed by atoms with Crippen LogP contribution in [-0.4, -0.2) is 11.1 Å². The fourth-order valence-corrected chi connectivity index (χ4v) is 2.11. The van der Waals surface area contributed by atoms with Crippen molar-refractivity contribution in [3.63, 3.8) is 0 Å². The van der Waals surface area contributed by atoms with E-state index in [1.54, 1.807) is 12.1 Å². The Kier molecular flexibility index (Phi) is 4.68. The number of benzene rings is 2. The lowest BCUT2D eigenvalue weighted by Gasteiger charge is -2.16. The molecule has 2 rings (SSSR count). The molecule has 0 aromatic heterocycles. The summed E-state index contributed by atoms with van der Waals surface area (Å²) >= 11 is 0. The molecule has 2 nitrogen and oxygen atoms in total. The molecular formula is C17H16F2O2. The van der Waals surface area contributed by atoms with Crippen LogP contribution in [0.1, 0.15) is 29.5 Å². The van der Waals surface area contributed by atoms with Crippen LogP contribution < -0.4 is 0 Å². The number of halogens is 2. The molecular weight excluding hydrogens is 274 g/mol. The number of hydrogen-bond acceptors (Lipinski definition) is 1. The second-order valence-corrected chi connectivity index (χ2v) is 4.96. The number of aliphatic carboxylic acids is 1. The van der Waals surface area contributed by atoms with Gasteiger partial charge in [0.15, 0.2) is 0 Å². The van der Waals surface area contributed by atoms with Gasteiger partial charge in [0, 0.05) is 12.0 Å². The summed E-state index contributed by atoms with van der Waals surface area (Å²) in [4.78, 5) is 10.4. The molecule has 0 spiro atoms. The molecule has 0 radical (unpaired) electrons. The highest BCUT2D eigenvalue weighted by Gasteiger charge is 2.31. The first-order valence-corrected chi connectivity index (χ1v) is 6.70. The van der Waals surface area contributed by atoms with Crippen LogP contribution in [0.2, 0.25) is 0 Å². The first-order chi connectivity index (χ1) is 9.97. The van der Waals surface area contributed by atoms with E-state index in [0.29, 0.717) is 6.42 Å². The van der Waals surface area contributed by atoms with E-state index in [2.05, 4.69) is 0 Å². The molecule has 0 aliphatic carbocycles. The van der Waals surface area contributed by atoms with Gasteiger partial charge in [0.2, 0.25) is 0 Å². The SMILES string of the molecule is O=C(O)CCC(F)(F)c1ccc(Cc2ccccc2)cc1. The van der Waals surface area contributed by atoms with Crippen molar-refractivity contribution in [3.8, 4) is 0 Å². The van der Waals surface area contributed by atoms with E-state index in [4.69, 9.17) is 5.11 Å². The van der Waals surface area contributed by atoms with Crippen molar-refractivity contribution in [3.05, 3.63) is 71.3 Å². The molecule has 2 aromatic carbocycles. The predicted molar refractivity (Wildman–Crippen MR) is 76.5 cm³/mol. The molecule has 2 aromatic rings. The van der Waals surface area contributed by atoms with Crippen LogP contribution in [0.4, 0.5) is 8.78 Å². The molecule has 110 valence electrons. The van der Waals surface area contributed by atoms with Gasteiger partial charge >= 0.3 is 5.97 Å². The van der Waals surface area contributed by atoms with Crippen molar-refractivity contribution in [2.24, 2.45) is 0 Å². The molecule has 0 aliphatic heterocycles. The standard InChI is InChI=1S/C17H16F2O2/c18-17(19,11-10-16(20)21)15-8-6-14(7-9-15)12-13-4-2-1-3-5-13/h1-9H,10-12H2,(H,20,21). The largest absolute Gasteiger partial charge is 0.481 e. The summed E-state index contributed by atoms with van der Waals surface area (Å²) in [7, 11) is 0. The van der Waals surface area contributed by atoms with Gasteiger partial charge in [0.05, 0.1) is 6.42 Å². The Morgan fingerprint density at radius 3 is 2.10 bits per heavy atom. The zero-order chi connectivity index (χ0) is 15.3. The quantitative estimate of drug-likeness (QED) is 0.864. The van der Waals surface area contributed by atoms with Crippen molar-refractivity contribution >= 4 is 5.97 Å². The molecule has 0 unspecified atom stereocenters. The monoisotopic (exact) mass is 290 g/mol. The molecule has 0 fully saturated rings. The van der Waals surface area contributed by atoms with Gasteiger partial charge in [0.1, 0.15) is 0 Å². The van der Waals surface area contributed by atoms with Gasteiger partial charge in [-0.1, -0.05) is 54.6 Å². The zero-order valence-corrected chi connectivity index (χ0v) is 11.4. The smallest absolute Gasteiger partial charge is 0.303 e. The van der Waals surface area contributed by atoms with Gasteiger partial charge in [-0.05, 0) is 17.5 Å². The lowest BCUT2D eigenvalue weighted by Crippen LogP contribution is -2.15.